The zero-order chi connectivity index (χ0) is 8.97. The molecule has 2 heteroatoms. The van der Waals surface area contributed by atoms with Crippen molar-refractivity contribution < 1.29 is 8.78 Å². The van der Waals surface area contributed by atoms with Crippen molar-refractivity contribution in [2.75, 3.05) is 0 Å². The van der Waals surface area contributed by atoms with Crippen LogP contribution in [0.4, 0.5) is 8.78 Å². The molecule has 0 aliphatic rings. The van der Waals surface area contributed by atoms with E-state index < -0.39 is 11.6 Å². The van der Waals surface area contributed by atoms with Crippen LogP contribution in [0.15, 0.2) is 24.3 Å². The van der Waals surface area contributed by atoms with Gasteiger partial charge >= 0.3 is 0 Å². The van der Waals surface area contributed by atoms with E-state index in [2.05, 4.69) is 0 Å². The highest BCUT2D eigenvalue weighted by Gasteiger charge is 2.03. The van der Waals surface area contributed by atoms with Crippen LogP contribution in [0.2, 0.25) is 0 Å². The maximum Gasteiger partial charge on any atom is 0.166 e. The summed E-state index contributed by atoms with van der Waals surface area (Å²) in [7, 11) is 0. The lowest BCUT2D eigenvalue weighted by Gasteiger charge is -1.96. The molecule has 1 aromatic rings. The van der Waals surface area contributed by atoms with E-state index in [9.17, 15) is 8.78 Å². The molecule has 0 nitrogen and oxygen atoms in total. The highest BCUT2D eigenvalue weighted by Crippen LogP contribution is 2.12. The van der Waals surface area contributed by atoms with Gasteiger partial charge in [-0.2, -0.15) is 0 Å². The number of rotatable bonds is 2. The summed E-state index contributed by atoms with van der Waals surface area (Å²) in [6, 6.07) is 4.15. The summed E-state index contributed by atoms with van der Waals surface area (Å²) >= 11 is 0. The lowest BCUT2D eigenvalue weighted by Crippen LogP contribution is -1.86. The lowest BCUT2D eigenvalue weighted by atomic mass is 10.2. The molecule has 0 aliphatic carbocycles. The normalized spacial score (nSPS) is 10.9. The van der Waals surface area contributed by atoms with Gasteiger partial charge in [-0.1, -0.05) is 31.2 Å². The fourth-order valence-corrected chi connectivity index (χ4v) is 0.894. The van der Waals surface area contributed by atoms with E-state index in [-0.39, 0.29) is 0 Å². The number of hydrogen-bond donors (Lipinski definition) is 0. The summed E-state index contributed by atoms with van der Waals surface area (Å²) < 4.78 is 25.5. The Morgan fingerprint density at radius 1 is 1.33 bits per heavy atom. The van der Waals surface area contributed by atoms with Crippen molar-refractivity contribution in [2.24, 2.45) is 0 Å². The molecule has 0 heterocycles. The average molecular weight is 168 g/mol. The molecular formula is C10H10F2. The van der Waals surface area contributed by atoms with Crippen molar-refractivity contribution in [3.63, 3.8) is 0 Å². The van der Waals surface area contributed by atoms with Crippen LogP contribution < -0.4 is 0 Å². The smallest absolute Gasteiger partial charge is 0.166 e. The first-order chi connectivity index (χ1) is 5.75. The van der Waals surface area contributed by atoms with Crippen LogP contribution in [0.25, 0.3) is 6.08 Å². The van der Waals surface area contributed by atoms with Crippen molar-refractivity contribution in [1.29, 1.82) is 0 Å². The van der Waals surface area contributed by atoms with Crippen molar-refractivity contribution in [2.45, 2.75) is 13.3 Å². The predicted molar refractivity (Wildman–Crippen MR) is 45.7 cm³/mol. The Labute approximate surface area is 70.5 Å². The molecule has 0 N–H and O–H groups in total. The zero-order valence-electron chi connectivity index (χ0n) is 6.85. The molecule has 0 bridgehead atoms. The van der Waals surface area contributed by atoms with E-state index in [0.29, 0.717) is 5.56 Å². The molecule has 0 amide bonds. The molecule has 0 aliphatic heterocycles. The van der Waals surface area contributed by atoms with E-state index in [4.69, 9.17) is 0 Å². The number of hydrogen-bond acceptors (Lipinski definition) is 0. The highest BCUT2D eigenvalue weighted by molar-refractivity contribution is 5.49. The molecule has 64 valence electrons. The van der Waals surface area contributed by atoms with Crippen LogP contribution in [0.1, 0.15) is 18.9 Å². The maximum atomic E-state index is 12.9. The van der Waals surface area contributed by atoms with Crippen molar-refractivity contribution in [3.8, 4) is 0 Å². The van der Waals surface area contributed by atoms with Gasteiger partial charge < -0.3 is 0 Å². The molecule has 0 spiro atoms. The molecule has 0 aromatic heterocycles. The lowest BCUT2D eigenvalue weighted by molar-refractivity contribution is 0.507. The highest BCUT2D eigenvalue weighted by atomic mass is 19.2. The zero-order valence-corrected chi connectivity index (χ0v) is 6.85. The Kier molecular flexibility index (Phi) is 2.97. The SMILES string of the molecule is CCC=Cc1cccc(F)c1F. The molecule has 12 heavy (non-hydrogen) atoms. The van der Waals surface area contributed by atoms with Crippen LogP contribution in [-0.4, -0.2) is 0 Å². The van der Waals surface area contributed by atoms with E-state index in [1.54, 1.807) is 18.2 Å². The monoisotopic (exact) mass is 168 g/mol. The van der Waals surface area contributed by atoms with E-state index in [0.717, 1.165) is 12.5 Å². The molecule has 1 aromatic carbocycles. The third-order valence-electron chi connectivity index (χ3n) is 1.51. The van der Waals surface area contributed by atoms with Gasteiger partial charge in [0.15, 0.2) is 11.6 Å². The van der Waals surface area contributed by atoms with Gasteiger partial charge in [0.25, 0.3) is 0 Å². The molecule has 0 unspecified atom stereocenters. The predicted octanol–water partition coefficient (Wildman–Crippen LogP) is 3.39. The minimum Gasteiger partial charge on any atom is -0.204 e. The Morgan fingerprint density at radius 3 is 2.75 bits per heavy atom. The minimum atomic E-state index is -0.798. The third-order valence-corrected chi connectivity index (χ3v) is 1.51. The Morgan fingerprint density at radius 2 is 2.08 bits per heavy atom. The first-order valence-electron chi connectivity index (χ1n) is 3.86. The van der Waals surface area contributed by atoms with Gasteiger partial charge in [-0.25, -0.2) is 8.78 Å². The number of allylic oxidation sites excluding steroid dienone is 1. The largest absolute Gasteiger partial charge is 0.204 e. The summed E-state index contributed by atoms with van der Waals surface area (Å²) in [5, 5.41) is 0. The maximum absolute atomic E-state index is 12.9. The van der Waals surface area contributed by atoms with Gasteiger partial charge in [0.05, 0.1) is 0 Å². The first kappa shape index (κ1) is 8.91. The van der Waals surface area contributed by atoms with Crippen molar-refractivity contribution >= 4 is 6.08 Å². The standard InChI is InChI=1S/C10H10F2/c1-2-3-5-8-6-4-7-9(11)10(8)12/h3-7H,2H2,1H3. The number of benzene rings is 1. The Hall–Kier alpha value is -1.18. The quantitative estimate of drug-likeness (QED) is 0.635. The third kappa shape index (κ3) is 1.91. The molecule has 0 saturated carbocycles. The fraction of sp³-hybridized carbons (Fsp3) is 0.200. The summed E-state index contributed by atoms with van der Waals surface area (Å²) in [5.74, 6) is -1.57. The molecule has 0 radical (unpaired) electrons. The molecule has 0 fully saturated rings. The minimum absolute atomic E-state index is 0.303. The van der Waals surface area contributed by atoms with Crippen LogP contribution >= 0.6 is 0 Å². The summed E-state index contributed by atoms with van der Waals surface area (Å²) in [4.78, 5) is 0. The van der Waals surface area contributed by atoms with Gasteiger partial charge in [0, 0.05) is 5.56 Å². The fourth-order valence-electron chi connectivity index (χ4n) is 0.894. The second-order valence-electron chi connectivity index (χ2n) is 2.45. The van der Waals surface area contributed by atoms with Gasteiger partial charge in [0.1, 0.15) is 0 Å². The van der Waals surface area contributed by atoms with Crippen molar-refractivity contribution in [1.82, 2.24) is 0 Å². The molecule has 0 saturated heterocycles. The van der Waals surface area contributed by atoms with E-state index in [1.807, 2.05) is 6.92 Å². The Bertz CT molecular complexity index is 290. The second kappa shape index (κ2) is 4.00. The van der Waals surface area contributed by atoms with E-state index in [1.165, 1.54) is 6.07 Å². The molecular weight excluding hydrogens is 158 g/mol. The van der Waals surface area contributed by atoms with E-state index >= 15 is 0 Å². The topological polar surface area (TPSA) is 0 Å². The van der Waals surface area contributed by atoms with Gasteiger partial charge in [-0.05, 0) is 12.5 Å². The van der Waals surface area contributed by atoms with Gasteiger partial charge in [-0.15, -0.1) is 0 Å². The molecule has 1 rings (SSSR count). The first-order valence-corrected chi connectivity index (χ1v) is 3.86. The van der Waals surface area contributed by atoms with Gasteiger partial charge in [0.2, 0.25) is 0 Å². The molecule has 0 atom stereocenters. The summed E-state index contributed by atoms with van der Waals surface area (Å²) in [6.07, 6.45) is 4.19. The second-order valence-corrected chi connectivity index (χ2v) is 2.45. The Balaban J connectivity index is 3.00. The average Bonchev–Trinajstić information content (AvgIpc) is 2.08. The van der Waals surface area contributed by atoms with Crippen molar-refractivity contribution in [3.05, 3.63) is 41.5 Å². The summed E-state index contributed by atoms with van der Waals surface area (Å²) in [5.41, 5.74) is 0.303. The van der Waals surface area contributed by atoms with Crippen LogP contribution in [0, 0.1) is 11.6 Å². The summed E-state index contributed by atoms with van der Waals surface area (Å²) in [6.45, 7) is 1.94. The number of halogens is 2. The van der Waals surface area contributed by atoms with Crippen LogP contribution in [0.3, 0.4) is 0 Å². The van der Waals surface area contributed by atoms with Crippen LogP contribution in [-0.2, 0) is 0 Å². The van der Waals surface area contributed by atoms with Crippen LogP contribution in [0.5, 0.6) is 0 Å². The van der Waals surface area contributed by atoms with Gasteiger partial charge in [-0.3, -0.25) is 0 Å².